The maximum atomic E-state index is 12.5. The summed E-state index contributed by atoms with van der Waals surface area (Å²) in [5.41, 5.74) is 0.890. The van der Waals surface area contributed by atoms with Gasteiger partial charge in [-0.15, -0.1) is 0 Å². The zero-order valence-electron chi connectivity index (χ0n) is 12.7. The second-order valence-corrected chi connectivity index (χ2v) is 8.05. The van der Waals surface area contributed by atoms with Gasteiger partial charge in [-0.25, -0.2) is 13.1 Å². The molecule has 2 rings (SSSR count). The van der Waals surface area contributed by atoms with E-state index in [9.17, 15) is 8.42 Å². The Labute approximate surface area is 132 Å². The van der Waals surface area contributed by atoms with Crippen molar-refractivity contribution >= 4 is 21.6 Å². The molecule has 6 heteroatoms. The van der Waals surface area contributed by atoms with Crippen molar-refractivity contribution in [1.29, 1.82) is 0 Å². The molecule has 1 saturated carbocycles. The monoisotopic (exact) mass is 330 g/mol. The van der Waals surface area contributed by atoms with E-state index >= 15 is 0 Å². The van der Waals surface area contributed by atoms with Gasteiger partial charge in [0.1, 0.15) is 0 Å². The lowest BCUT2D eigenvalue weighted by molar-refractivity contribution is 0.402. The molecule has 0 saturated heterocycles. The van der Waals surface area contributed by atoms with Crippen molar-refractivity contribution in [1.82, 2.24) is 10.0 Å². The summed E-state index contributed by atoms with van der Waals surface area (Å²) in [4.78, 5) is 0.235. The van der Waals surface area contributed by atoms with Crippen LogP contribution in [0.4, 0.5) is 0 Å². The Hall–Kier alpha value is -0.620. The van der Waals surface area contributed by atoms with Crippen molar-refractivity contribution < 1.29 is 8.42 Å². The number of halogens is 1. The molecule has 2 N–H and O–H groups in total. The number of benzene rings is 1. The average molecular weight is 331 g/mol. The summed E-state index contributed by atoms with van der Waals surface area (Å²) in [6.07, 6.45) is 1.96. The SMILES string of the molecule is CNCc1ccc(S(=O)(=O)NC2CCC(C)C2C)cc1Cl. The Morgan fingerprint density at radius 1 is 1.29 bits per heavy atom. The maximum Gasteiger partial charge on any atom is 0.240 e. The van der Waals surface area contributed by atoms with E-state index in [0.29, 0.717) is 23.4 Å². The molecule has 3 atom stereocenters. The van der Waals surface area contributed by atoms with Crippen molar-refractivity contribution in [3.8, 4) is 0 Å². The second kappa shape index (κ2) is 6.65. The van der Waals surface area contributed by atoms with Crippen molar-refractivity contribution in [2.75, 3.05) is 7.05 Å². The Bertz CT molecular complexity index is 604. The van der Waals surface area contributed by atoms with Gasteiger partial charge in [0.05, 0.1) is 4.90 Å². The predicted molar refractivity (Wildman–Crippen MR) is 85.9 cm³/mol. The molecule has 3 unspecified atom stereocenters. The zero-order chi connectivity index (χ0) is 15.6. The van der Waals surface area contributed by atoms with Crippen LogP contribution in [0.1, 0.15) is 32.3 Å². The van der Waals surface area contributed by atoms with Crippen molar-refractivity contribution in [3.63, 3.8) is 0 Å². The van der Waals surface area contributed by atoms with Crippen LogP contribution in [-0.4, -0.2) is 21.5 Å². The predicted octanol–water partition coefficient (Wildman–Crippen LogP) is 2.77. The summed E-state index contributed by atoms with van der Waals surface area (Å²) in [7, 11) is -1.68. The van der Waals surface area contributed by atoms with Crippen LogP contribution in [-0.2, 0) is 16.6 Å². The van der Waals surface area contributed by atoms with Gasteiger partial charge < -0.3 is 5.32 Å². The molecule has 118 valence electrons. The highest BCUT2D eigenvalue weighted by Gasteiger charge is 2.33. The van der Waals surface area contributed by atoms with E-state index in [-0.39, 0.29) is 10.9 Å². The summed E-state index contributed by atoms with van der Waals surface area (Å²) in [6, 6.07) is 4.92. The van der Waals surface area contributed by atoms with Crippen LogP contribution in [0.3, 0.4) is 0 Å². The molecule has 0 aliphatic heterocycles. The Morgan fingerprint density at radius 3 is 2.52 bits per heavy atom. The molecule has 0 heterocycles. The first-order chi connectivity index (χ1) is 9.85. The van der Waals surface area contributed by atoms with Crippen LogP contribution in [0.25, 0.3) is 0 Å². The van der Waals surface area contributed by atoms with Crippen molar-refractivity contribution in [2.45, 2.75) is 44.2 Å². The van der Waals surface area contributed by atoms with Gasteiger partial charge in [-0.1, -0.05) is 31.5 Å². The molecule has 4 nitrogen and oxygen atoms in total. The van der Waals surface area contributed by atoms with E-state index in [2.05, 4.69) is 23.9 Å². The quantitative estimate of drug-likeness (QED) is 0.872. The van der Waals surface area contributed by atoms with E-state index in [0.717, 1.165) is 18.4 Å². The van der Waals surface area contributed by atoms with Gasteiger partial charge in [-0.3, -0.25) is 0 Å². The van der Waals surface area contributed by atoms with Crippen LogP contribution in [0.15, 0.2) is 23.1 Å². The molecule has 1 aliphatic rings. The van der Waals surface area contributed by atoms with Crippen molar-refractivity contribution in [2.24, 2.45) is 11.8 Å². The Morgan fingerprint density at radius 2 is 2.00 bits per heavy atom. The number of hydrogen-bond donors (Lipinski definition) is 2. The molecule has 0 bridgehead atoms. The van der Waals surface area contributed by atoms with Gasteiger partial charge in [0.25, 0.3) is 0 Å². The molecule has 0 aromatic heterocycles. The molecule has 0 spiro atoms. The lowest BCUT2D eigenvalue weighted by atomic mass is 9.98. The summed E-state index contributed by atoms with van der Waals surface area (Å²) >= 11 is 6.15. The largest absolute Gasteiger partial charge is 0.316 e. The first-order valence-electron chi connectivity index (χ1n) is 7.30. The third-order valence-corrected chi connectivity index (χ3v) is 6.31. The van der Waals surface area contributed by atoms with Gasteiger partial charge in [0, 0.05) is 17.6 Å². The van der Waals surface area contributed by atoms with E-state index in [1.807, 2.05) is 7.05 Å². The minimum Gasteiger partial charge on any atom is -0.316 e. The zero-order valence-corrected chi connectivity index (χ0v) is 14.3. The van der Waals surface area contributed by atoms with Crippen LogP contribution < -0.4 is 10.0 Å². The first-order valence-corrected chi connectivity index (χ1v) is 9.16. The first kappa shape index (κ1) is 16.7. The fraction of sp³-hybridized carbons (Fsp3) is 0.600. The second-order valence-electron chi connectivity index (χ2n) is 5.93. The average Bonchev–Trinajstić information content (AvgIpc) is 2.73. The van der Waals surface area contributed by atoms with Gasteiger partial charge >= 0.3 is 0 Å². The van der Waals surface area contributed by atoms with Crippen LogP contribution >= 0.6 is 11.6 Å². The normalized spacial score (nSPS) is 26.2. The minimum atomic E-state index is -3.51. The van der Waals surface area contributed by atoms with E-state index in [1.54, 1.807) is 12.1 Å². The number of nitrogens with one attached hydrogen (secondary N) is 2. The van der Waals surface area contributed by atoms with Crippen LogP contribution in [0, 0.1) is 11.8 Å². The number of sulfonamides is 1. The molecule has 21 heavy (non-hydrogen) atoms. The highest BCUT2D eigenvalue weighted by molar-refractivity contribution is 7.89. The van der Waals surface area contributed by atoms with Gasteiger partial charge in [-0.05, 0) is 49.4 Å². The van der Waals surface area contributed by atoms with E-state index in [4.69, 9.17) is 11.6 Å². The third kappa shape index (κ3) is 3.77. The third-order valence-electron chi connectivity index (χ3n) is 4.47. The molecule has 1 fully saturated rings. The van der Waals surface area contributed by atoms with Crippen LogP contribution in [0.5, 0.6) is 0 Å². The van der Waals surface area contributed by atoms with Crippen molar-refractivity contribution in [3.05, 3.63) is 28.8 Å². The van der Waals surface area contributed by atoms with E-state index < -0.39 is 10.0 Å². The van der Waals surface area contributed by atoms with Gasteiger partial charge in [-0.2, -0.15) is 0 Å². The highest BCUT2D eigenvalue weighted by Crippen LogP contribution is 2.32. The summed E-state index contributed by atoms with van der Waals surface area (Å²) in [6.45, 7) is 4.89. The Kier molecular flexibility index (Phi) is 5.30. The fourth-order valence-corrected chi connectivity index (χ4v) is 4.53. The molecule has 1 aromatic carbocycles. The van der Waals surface area contributed by atoms with Gasteiger partial charge in [0.2, 0.25) is 10.0 Å². The highest BCUT2D eigenvalue weighted by atomic mass is 35.5. The molecule has 0 radical (unpaired) electrons. The Balaban J connectivity index is 2.18. The summed E-state index contributed by atoms with van der Waals surface area (Å²) in [5.74, 6) is 0.915. The molecular formula is C15H23ClN2O2S. The smallest absolute Gasteiger partial charge is 0.240 e. The molecule has 1 aromatic rings. The summed E-state index contributed by atoms with van der Waals surface area (Å²) < 4.78 is 27.8. The summed E-state index contributed by atoms with van der Waals surface area (Å²) in [5, 5.41) is 3.48. The van der Waals surface area contributed by atoms with E-state index in [1.165, 1.54) is 6.07 Å². The molecule has 1 aliphatic carbocycles. The standard InChI is InChI=1S/C15H23ClN2O2S/c1-10-4-7-15(11(10)2)18-21(19,20)13-6-5-12(9-17-3)14(16)8-13/h5-6,8,10-11,15,17-18H,4,7,9H2,1-3H3. The number of hydrogen-bond acceptors (Lipinski definition) is 3. The number of rotatable bonds is 5. The minimum absolute atomic E-state index is 0.0146. The molecular weight excluding hydrogens is 308 g/mol. The topological polar surface area (TPSA) is 58.2 Å². The lowest BCUT2D eigenvalue weighted by Crippen LogP contribution is -2.37. The van der Waals surface area contributed by atoms with Crippen LogP contribution in [0.2, 0.25) is 5.02 Å². The fourth-order valence-electron chi connectivity index (χ4n) is 2.83. The van der Waals surface area contributed by atoms with Gasteiger partial charge in [0.15, 0.2) is 0 Å². The lowest BCUT2D eigenvalue weighted by Gasteiger charge is -2.20. The maximum absolute atomic E-state index is 12.5. The molecule has 0 amide bonds.